The van der Waals surface area contributed by atoms with Gasteiger partial charge < -0.3 is 10.2 Å². The first-order valence-corrected chi connectivity index (χ1v) is 10.8. The molecule has 2 spiro atoms. The first-order valence-electron chi connectivity index (χ1n) is 10.4. The molecule has 158 valence electrons. The summed E-state index contributed by atoms with van der Waals surface area (Å²) in [5.74, 6) is -0.957. The third-order valence-electron chi connectivity index (χ3n) is 7.28. The number of para-hydroxylation sites is 1. The molecule has 1 fully saturated rings. The Morgan fingerprint density at radius 2 is 1.58 bits per heavy atom. The minimum Gasteiger partial charge on any atom is -0.325 e. The second-order valence-electron chi connectivity index (χ2n) is 8.51. The molecular formula is C26H15ClN4O2. The number of anilines is 2. The van der Waals surface area contributed by atoms with Crippen LogP contribution in [0.15, 0.2) is 72.8 Å². The molecule has 6 nitrogen and oxygen atoms in total. The van der Waals surface area contributed by atoms with E-state index in [2.05, 4.69) is 17.5 Å². The number of carbonyl (C=O) groups is 2. The Morgan fingerprint density at radius 3 is 2.30 bits per heavy atom. The molecule has 3 aliphatic rings. The quantitative estimate of drug-likeness (QED) is 0.636. The van der Waals surface area contributed by atoms with E-state index in [1.54, 1.807) is 47.4 Å². The smallest absolute Gasteiger partial charge is 0.242 e. The maximum Gasteiger partial charge on any atom is 0.242 e. The summed E-state index contributed by atoms with van der Waals surface area (Å²) in [6.45, 7) is 0.223. The van der Waals surface area contributed by atoms with E-state index in [1.807, 2.05) is 30.3 Å². The van der Waals surface area contributed by atoms with Gasteiger partial charge in [-0.05, 0) is 34.9 Å². The highest BCUT2D eigenvalue weighted by Gasteiger charge is 3.00. The van der Waals surface area contributed by atoms with Crippen LogP contribution in [0.3, 0.4) is 0 Å². The summed E-state index contributed by atoms with van der Waals surface area (Å²) in [7, 11) is 0. The topological polar surface area (TPSA) is 97.0 Å². The van der Waals surface area contributed by atoms with Gasteiger partial charge in [-0.3, -0.25) is 9.59 Å². The number of nitriles is 2. The molecule has 0 unspecified atom stereocenters. The van der Waals surface area contributed by atoms with Crippen molar-refractivity contribution in [3.8, 4) is 12.1 Å². The zero-order valence-electron chi connectivity index (χ0n) is 17.2. The summed E-state index contributed by atoms with van der Waals surface area (Å²) in [4.78, 5) is 29.4. The van der Waals surface area contributed by atoms with E-state index in [4.69, 9.17) is 11.6 Å². The first-order chi connectivity index (χ1) is 16.0. The third kappa shape index (κ3) is 1.91. The maximum atomic E-state index is 14.3. The van der Waals surface area contributed by atoms with Crippen LogP contribution in [0.1, 0.15) is 16.7 Å². The van der Waals surface area contributed by atoms with Crippen molar-refractivity contribution in [1.29, 1.82) is 10.5 Å². The lowest BCUT2D eigenvalue weighted by Gasteiger charge is -2.19. The molecule has 1 saturated carbocycles. The fourth-order valence-electron chi connectivity index (χ4n) is 6.05. The molecule has 1 aliphatic carbocycles. The van der Waals surface area contributed by atoms with Crippen LogP contribution in [0.25, 0.3) is 0 Å². The first kappa shape index (κ1) is 19.5. The molecule has 33 heavy (non-hydrogen) atoms. The van der Waals surface area contributed by atoms with E-state index in [9.17, 15) is 20.1 Å². The van der Waals surface area contributed by atoms with Gasteiger partial charge in [-0.1, -0.05) is 66.2 Å². The van der Waals surface area contributed by atoms with Gasteiger partial charge in [0.05, 0.1) is 18.7 Å². The molecule has 0 bridgehead atoms. The average molecular weight is 451 g/mol. The van der Waals surface area contributed by atoms with Gasteiger partial charge in [-0.25, -0.2) is 0 Å². The van der Waals surface area contributed by atoms with Crippen molar-refractivity contribution in [2.24, 2.45) is 5.41 Å². The van der Waals surface area contributed by atoms with Gasteiger partial charge in [0.1, 0.15) is 10.8 Å². The number of carbonyl (C=O) groups excluding carboxylic acids is 2. The summed E-state index contributed by atoms with van der Waals surface area (Å²) in [5.41, 5.74) is -2.35. The normalized spacial score (nSPS) is 25.4. The van der Waals surface area contributed by atoms with Gasteiger partial charge in [-0.2, -0.15) is 10.5 Å². The standard InChI is InChI=1S/C26H15ClN4O2/c27-17-10-11-19-21(12-17)31(13-16-6-2-1-3-7-16)23(33)26(19)24(14-28,15-29)25(26)18-8-4-5-9-20(18)30-22(25)32/h1-12H,13H2,(H,30,32)/t25-,26-/m1/s1. The molecule has 2 amide bonds. The summed E-state index contributed by atoms with van der Waals surface area (Å²) < 4.78 is 0. The molecule has 0 saturated heterocycles. The number of hydrogen-bond donors (Lipinski definition) is 1. The molecule has 3 aromatic rings. The largest absolute Gasteiger partial charge is 0.325 e. The lowest BCUT2D eigenvalue weighted by atomic mass is 9.83. The highest BCUT2D eigenvalue weighted by Crippen LogP contribution is 2.83. The van der Waals surface area contributed by atoms with Crippen molar-refractivity contribution in [3.63, 3.8) is 0 Å². The Hall–Kier alpha value is -4.13. The van der Waals surface area contributed by atoms with Gasteiger partial charge in [-0.15, -0.1) is 0 Å². The number of benzene rings is 3. The van der Waals surface area contributed by atoms with Crippen LogP contribution < -0.4 is 10.2 Å². The van der Waals surface area contributed by atoms with Crippen molar-refractivity contribution in [3.05, 3.63) is 94.5 Å². The fraction of sp³-hybridized carbons (Fsp3) is 0.154. The summed E-state index contributed by atoms with van der Waals surface area (Å²) in [6.07, 6.45) is 0. The molecule has 0 radical (unpaired) electrons. The van der Waals surface area contributed by atoms with Crippen molar-refractivity contribution in [2.75, 3.05) is 10.2 Å². The zero-order chi connectivity index (χ0) is 23.0. The number of amides is 2. The Morgan fingerprint density at radius 1 is 0.879 bits per heavy atom. The van der Waals surface area contributed by atoms with E-state index in [0.717, 1.165) is 5.56 Å². The lowest BCUT2D eigenvalue weighted by Crippen LogP contribution is -2.38. The second kappa shape index (κ2) is 6.22. The number of hydrogen-bond acceptors (Lipinski definition) is 4. The molecule has 2 heterocycles. The van der Waals surface area contributed by atoms with E-state index in [1.165, 1.54) is 0 Å². The summed E-state index contributed by atoms with van der Waals surface area (Å²) in [5, 5.41) is 24.0. The second-order valence-corrected chi connectivity index (χ2v) is 8.95. The zero-order valence-corrected chi connectivity index (χ0v) is 17.9. The number of nitrogens with zero attached hydrogens (tertiary/aromatic N) is 3. The molecule has 7 heteroatoms. The van der Waals surface area contributed by atoms with Crippen molar-refractivity contribution >= 4 is 34.8 Å². The minimum atomic E-state index is -1.90. The van der Waals surface area contributed by atoms with E-state index >= 15 is 0 Å². The SMILES string of the molecule is N#CC1(C#N)[C@@]2(C(=O)Nc3ccccc32)[C@]12C(=O)N(Cc1ccccc1)c1cc(Cl)ccc12. The van der Waals surface area contributed by atoms with E-state index in [0.29, 0.717) is 27.5 Å². The third-order valence-corrected chi connectivity index (χ3v) is 7.52. The van der Waals surface area contributed by atoms with Crippen LogP contribution in [0.5, 0.6) is 0 Å². The number of halogens is 1. The van der Waals surface area contributed by atoms with Crippen molar-refractivity contribution < 1.29 is 9.59 Å². The monoisotopic (exact) mass is 450 g/mol. The van der Waals surface area contributed by atoms with Crippen LogP contribution in [0.4, 0.5) is 11.4 Å². The van der Waals surface area contributed by atoms with Crippen LogP contribution >= 0.6 is 11.6 Å². The Labute approximate surface area is 194 Å². The summed E-state index contributed by atoms with van der Waals surface area (Å²) >= 11 is 6.31. The highest BCUT2D eigenvalue weighted by molar-refractivity contribution is 6.32. The lowest BCUT2D eigenvalue weighted by molar-refractivity contribution is -0.124. The Kier molecular flexibility index (Phi) is 3.69. The Balaban J connectivity index is 1.66. The molecular weight excluding hydrogens is 436 g/mol. The molecule has 1 N–H and O–H groups in total. The maximum absolute atomic E-state index is 14.3. The average Bonchev–Trinajstić information content (AvgIpc) is 3.15. The summed E-state index contributed by atoms with van der Waals surface area (Å²) in [6, 6.07) is 25.5. The van der Waals surface area contributed by atoms with Gasteiger partial charge >= 0.3 is 0 Å². The van der Waals surface area contributed by atoms with Gasteiger partial charge in [0.2, 0.25) is 11.8 Å². The van der Waals surface area contributed by atoms with Crippen molar-refractivity contribution in [2.45, 2.75) is 17.4 Å². The van der Waals surface area contributed by atoms with Gasteiger partial charge in [0.25, 0.3) is 0 Å². The molecule has 6 rings (SSSR count). The highest BCUT2D eigenvalue weighted by atomic mass is 35.5. The molecule has 0 aromatic heterocycles. The fourth-order valence-corrected chi connectivity index (χ4v) is 6.21. The predicted octanol–water partition coefficient (Wildman–Crippen LogP) is 4.06. The number of fused-ring (bicyclic) bond motifs is 5. The number of nitrogens with one attached hydrogen (secondary N) is 1. The number of rotatable bonds is 2. The van der Waals surface area contributed by atoms with Crippen LogP contribution in [0, 0.1) is 28.1 Å². The van der Waals surface area contributed by atoms with Crippen LogP contribution in [-0.2, 0) is 27.0 Å². The van der Waals surface area contributed by atoms with Crippen molar-refractivity contribution in [1.82, 2.24) is 0 Å². The predicted molar refractivity (Wildman–Crippen MR) is 121 cm³/mol. The van der Waals surface area contributed by atoms with E-state index in [-0.39, 0.29) is 6.54 Å². The minimum absolute atomic E-state index is 0.223. The van der Waals surface area contributed by atoms with Crippen LogP contribution in [0.2, 0.25) is 5.02 Å². The molecule has 2 atom stereocenters. The van der Waals surface area contributed by atoms with Crippen LogP contribution in [-0.4, -0.2) is 11.8 Å². The van der Waals surface area contributed by atoms with Gasteiger partial charge in [0.15, 0.2) is 5.41 Å². The van der Waals surface area contributed by atoms with E-state index < -0.39 is 28.1 Å². The molecule has 2 aliphatic heterocycles. The Bertz CT molecular complexity index is 1460. The van der Waals surface area contributed by atoms with Gasteiger partial charge in [0, 0.05) is 16.4 Å². The molecule has 3 aromatic carbocycles.